The second-order valence-electron chi connectivity index (χ2n) is 19.3. The molecule has 16 heteroatoms. The minimum Gasteiger partial charge on any atom is -0.488 e. The third-order valence-electron chi connectivity index (χ3n) is 14.3. The number of amides is 1. The number of hydrogen-bond donors (Lipinski definition) is 2. The Hall–Kier alpha value is -3.67. The molecule has 0 aromatic heterocycles. The van der Waals surface area contributed by atoms with E-state index in [4.69, 9.17) is 28.4 Å². The fourth-order valence-electron chi connectivity index (χ4n) is 10.4. The Bertz CT molecular complexity index is 1890. The van der Waals surface area contributed by atoms with Crippen molar-refractivity contribution in [1.82, 2.24) is 4.90 Å². The molecule has 0 radical (unpaired) electrons. The summed E-state index contributed by atoms with van der Waals surface area (Å²) in [5, 5.41) is 23.9. The number of hydrogen-bond acceptors (Lipinski definition) is 12. The highest BCUT2D eigenvalue weighted by Crippen LogP contribution is 2.40. The predicted octanol–water partition coefficient (Wildman–Crippen LogP) is 7.58. The van der Waals surface area contributed by atoms with Crippen LogP contribution in [0.25, 0.3) is 0 Å². The Kier molecular flexibility index (Phi) is 18.6. The third kappa shape index (κ3) is 12.7. The lowest BCUT2D eigenvalue weighted by Gasteiger charge is -2.47. The molecule has 1 saturated carbocycles. The molecule has 2 bridgehead atoms. The maximum atomic E-state index is 14.5. The van der Waals surface area contributed by atoms with Gasteiger partial charge in [0.1, 0.15) is 35.9 Å². The first-order chi connectivity index (χ1) is 31.1. The number of halogens is 3. The van der Waals surface area contributed by atoms with Crippen LogP contribution < -0.4 is 4.74 Å². The molecular formula is C50H72F3NO12. The molecule has 66 heavy (non-hydrogen) atoms. The second-order valence-corrected chi connectivity index (χ2v) is 19.3. The SMILES string of the molecule is CCC1/C=C(\C)CC(C)CC(OC)C2OC(O)(C(=O)C(=O)N3CCCCC3C(=O)OC(C(C)=CC3CCC(Oc4ccc(C(F)(F)F)cc4)C(OC)C3)C(C)C(O)CC1=O)C(C)CC2OC. The van der Waals surface area contributed by atoms with Gasteiger partial charge in [-0.25, -0.2) is 4.79 Å². The fourth-order valence-corrected chi connectivity index (χ4v) is 10.4. The van der Waals surface area contributed by atoms with E-state index < -0.39 is 102 Å². The average molecular weight is 936 g/mol. The van der Waals surface area contributed by atoms with Gasteiger partial charge < -0.3 is 43.5 Å². The van der Waals surface area contributed by atoms with Crippen molar-refractivity contribution in [2.24, 2.45) is 29.6 Å². The van der Waals surface area contributed by atoms with Gasteiger partial charge in [-0.15, -0.1) is 0 Å². The molecule has 2 saturated heterocycles. The molecular weight excluding hydrogens is 864 g/mol. The van der Waals surface area contributed by atoms with Gasteiger partial charge in [0.2, 0.25) is 5.79 Å². The summed E-state index contributed by atoms with van der Waals surface area (Å²) in [6.45, 7) is 11.0. The lowest BCUT2D eigenvalue weighted by atomic mass is 9.81. The smallest absolute Gasteiger partial charge is 0.416 e. The van der Waals surface area contributed by atoms with Crippen LogP contribution in [0.5, 0.6) is 5.75 Å². The number of benzene rings is 1. The number of fused-ring (bicyclic) bond motifs is 3. The second kappa shape index (κ2) is 23.1. The number of aliphatic hydroxyl groups excluding tert-OH is 1. The van der Waals surface area contributed by atoms with Crippen molar-refractivity contribution in [3.8, 4) is 5.75 Å². The summed E-state index contributed by atoms with van der Waals surface area (Å²) in [6, 6.07) is 3.32. The molecule has 1 amide bonds. The molecule has 4 aliphatic rings. The fraction of sp³-hybridized carbons (Fsp3) is 0.720. The number of piperidine rings is 1. The van der Waals surface area contributed by atoms with E-state index >= 15 is 0 Å². The Labute approximate surface area is 387 Å². The van der Waals surface area contributed by atoms with Gasteiger partial charge in [0.15, 0.2) is 0 Å². The molecule has 14 atom stereocenters. The standard InChI is InChI=1S/C50H72F3NO12/c1-10-34-22-28(2)21-29(3)23-42(62-8)45-43(63-9)25-31(5)49(60,66-45)46(57)47(58)54-20-12-11-13-37(54)48(59)65-44(32(6)38(55)27-39(34)56)30(4)24-33-14-19-40(41(26-33)61-7)64-36-17-15-35(16-18-36)50(51,52)53/h15-18,22,24,29,31-34,37-38,40-45,55,60H,10-14,19-21,23,25-27H2,1-9H3/b28-22+,30-24?. The van der Waals surface area contributed by atoms with Crippen LogP contribution in [-0.2, 0) is 49.0 Å². The molecule has 1 aromatic carbocycles. The number of carbonyl (C=O) groups is 4. The lowest BCUT2D eigenvalue weighted by molar-refractivity contribution is -0.302. The van der Waals surface area contributed by atoms with Crippen molar-refractivity contribution in [2.75, 3.05) is 27.9 Å². The van der Waals surface area contributed by atoms with Crippen LogP contribution in [0.15, 0.2) is 47.6 Å². The minimum absolute atomic E-state index is 0.00187. The Morgan fingerprint density at radius 1 is 0.894 bits per heavy atom. The minimum atomic E-state index is -4.48. The van der Waals surface area contributed by atoms with E-state index in [1.54, 1.807) is 20.8 Å². The molecule has 13 nitrogen and oxygen atoms in total. The number of nitrogens with zero attached hydrogens (tertiary/aromatic N) is 1. The molecule has 3 aliphatic heterocycles. The van der Waals surface area contributed by atoms with E-state index in [2.05, 4.69) is 0 Å². The van der Waals surface area contributed by atoms with Gasteiger partial charge in [-0.05, 0) is 120 Å². The lowest BCUT2D eigenvalue weighted by Crippen LogP contribution is -2.64. The number of carbonyl (C=O) groups excluding carboxylic acids is 4. The van der Waals surface area contributed by atoms with Gasteiger partial charge in [0.25, 0.3) is 11.7 Å². The summed E-state index contributed by atoms with van der Waals surface area (Å²) in [5.41, 5.74) is 0.771. The number of allylic oxidation sites excluding steroid dienone is 3. The first kappa shape index (κ1) is 53.3. The van der Waals surface area contributed by atoms with Gasteiger partial charge in [0, 0.05) is 52.0 Å². The van der Waals surface area contributed by atoms with Crippen LogP contribution in [0.3, 0.4) is 0 Å². The van der Waals surface area contributed by atoms with E-state index in [9.17, 15) is 42.6 Å². The van der Waals surface area contributed by atoms with Gasteiger partial charge >= 0.3 is 12.1 Å². The highest BCUT2D eigenvalue weighted by molar-refractivity contribution is 6.39. The van der Waals surface area contributed by atoms with Crippen molar-refractivity contribution in [2.45, 2.75) is 173 Å². The normalized spacial score (nSPS) is 37.2. The molecule has 2 N–H and O–H groups in total. The average Bonchev–Trinajstić information content (AvgIpc) is 3.28. The van der Waals surface area contributed by atoms with Crippen LogP contribution in [-0.4, -0.2) is 121 Å². The quantitative estimate of drug-likeness (QED) is 0.149. The van der Waals surface area contributed by atoms with Crippen LogP contribution in [0.4, 0.5) is 13.2 Å². The number of rotatable bonds is 8. The molecule has 14 unspecified atom stereocenters. The van der Waals surface area contributed by atoms with Crippen LogP contribution in [0.1, 0.15) is 118 Å². The molecule has 5 rings (SSSR count). The van der Waals surface area contributed by atoms with Gasteiger partial charge in [-0.2, -0.15) is 13.2 Å². The largest absolute Gasteiger partial charge is 0.488 e. The van der Waals surface area contributed by atoms with E-state index in [0.29, 0.717) is 56.9 Å². The summed E-state index contributed by atoms with van der Waals surface area (Å²) in [4.78, 5) is 58.2. The van der Waals surface area contributed by atoms with Crippen molar-refractivity contribution in [1.29, 1.82) is 0 Å². The summed E-state index contributed by atoms with van der Waals surface area (Å²) in [5.74, 6) is -7.79. The number of ether oxygens (including phenoxy) is 6. The number of Topliss-reactive ketones (excluding diaryl/α,β-unsaturated/α-hetero) is 2. The van der Waals surface area contributed by atoms with Crippen molar-refractivity contribution < 1.29 is 71.0 Å². The molecule has 3 heterocycles. The monoisotopic (exact) mass is 936 g/mol. The summed E-state index contributed by atoms with van der Waals surface area (Å²) < 4.78 is 75.8. The van der Waals surface area contributed by atoms with Crippen molar-refractivity contribution >= 4 is 23.4 Å². The first-order valence-corrected chi connectivity index (χ1v) is 23.6. The number of alkyl halides is 3. The van der Waals surface area contributed by atoms with E-state index in [0.717, 1.165) is 22.6 Å². The number of cyclic esters (lactones) is 1. The predicted molar refractivity (Wildman–Crippen MR) is 238 cm³/mol. The first-order valence-electron chi connectivity index (χ1n) is 23.6. The highest BCUT2D eigenvalue weighted by atomic mass is 19.4. The van der Waals surface area contributed by atoms with Gasteiger partial charge in [-0.3, -0.25) is 14.4 Å². The van der Waals surface area contributed by atoms with Crippen LogP contribution in [0, 0.1) is 29.6 Å². The topological polar surface area (TPSA) is 167 Å². The zero-order valence-corrected chi connectivity index (χ0v) is 40.0. The van der Waals surface area contributed by atoms with Crippen molar-refractivity contribution in [3.05, 3.63) is 53.1 Å². The molecule has 370 valence electrons. The zero-order valence-electron chi connectivity index (χ0n) is 40.0. The van der Waals surface area contributed by atoms with Crippen LogP contribution in [0.2, 0.25) is 0 Å². The Balaban J connectivity index is 1.47. The van der Waals surface area contributed by atoms with E-state index in [-0.39, 0.29) is 49.2 Å². The maximum Gasteiger partial charge on any atom is 0.416 e. The van der Waals surface area contributed by atoms with Gasteiger partial charge in [-0.1, -0.05) is 45.4 Å². The van der Waals surface area contributed by atoms with Gasteiger partial charge in [0.05, 0.1) is 30.0 Å². The van der Waals surface area contributed by atoms with E-state index in [1.165, 1.54) is 33.5 Å². The number of aliphatic hydroxyl groups is 2. The summed E-state index contributed by atoms with van der Waals surface area (Å²) in [6.07, 6.45) is -1.63. The maximum absolute atomic E-state index is 14.5. The Morgan fingerprint density at radius 3 is 2.17 bits per heavy atom. The molecule has 0 spiro atoms. The molecule has 1 aliphatic carbocycles. The van der Waals surface area contributed by atoms with Crippen molar-refractivity contribution in [3.63, 3.8) is 0 Å². The third-order valence-corrected chi connectivity index (χ3v) is 14.3. The Morgan fingerprint density at radius 2 is 1.55 bits per heavy atom. The number of esters is 1. The summed E-state index contributed by atoms with van der Waals surface area (Å²) in [7, 11) is 4.56. The molecule has 3 fully saturated rings. The number of methoxy groups -OCH3 is 3. The number of ketones is 2. The summed E-state index contributed by atoms with van der Waals surface area (Å²) >= 11 is 0. The van der Waals surface area contributed by atoms with E-state index in [1.807, 2.05) is 32.9 Å². The zero-order chi connectivity index (χ0) is 48.7. The molecule has 1 aromatic rings. The highest BCUT2D eigenvalue weighted by Gasteiger charge is 2.56. The van der Waals surface area contributed by atoms with Crippen LogP contribution >= 0.6 is 0 Å².